The molecule has 0 aliphatic carbocycles. The topological polar surface area (TPSA) is 151 Å². The number of ether oxygens (including phenoxy) is 1. The first kappa shape index (κ1) is 29.5. The van der Waals surface area contributed by atoms with Crippen LogP contribution in [0.2, 0.25) is 0 Å². The first-order chi connectivity index (χ1) is 16.4. The maximum atomic E-state index is 13.7. The lowest BCUT2D eigenvalue weighted by Gasteiger charge is -2.34. The van der Waals surface area contributed by atoms with Gasteiger partial charge in [0.05, 0.1) is 0 Å². The molecule has 0 aromatic heterocycles. The number of phenolic OH excluding ortho intramolecular Hbond substituents is 1. The highest BCUT2D eigenvalue weighted by Gasteiger charge is 2.36. The second-order valence-electron chi connectivity index (χ2n) is 9.13. The number of nitrogens with zero attached hydrogens (tertiary/aromatic N) is 1. The van der Waals surface area contributed by atoms with Gasteiger partial charge < -0.3 is 31.1 Å². The fourth-order valence-electron chi connectivity index (χ4n) is 3.31. The van der Waals surface area contributed by atoms with Gasteiger partial charge in [-0.3, -0.25) is 14.4 Å². The average molecular weight is 491 g/mol. The Kier molecular flexibility index (Phi) is 11.8. The van der Waals surface area contributed by atoms with Crippen molar-refractivity contribution in [2.75, 3.05) is 13.1 Å². The maximum Gasteiger partial charge on any atom is 0.408 e. The Morgan fingerprint density at radius 3 is 2.49 bits per heavy atom. The number of carbonyl (C=O) groups excluding carboxylic acids is 4. The monoisotopic (exact) mass is 490 g/mol. The van der Waals surface area contributed by atoms with Crippen LogP contribution in [-0.2, 0) is 19.1 Å². The SMILES string of the molecule is C=CCN(C(=O)C(CCC(N)=O)NC(=O)OC(C)(C)C)C(C(=O)NCCCC)c1cccc(O)c1. The van der Waals surface area contributed by atoms with Crippen LogP contribution in [0.25, 0.3) is 0 Å². The van der Waals surface area contributed by atoms with Crippen LogP contribution in [0.5, 0.6) is 5.75 Å². The van der Waals surface area contributed by atoms with E-state index in [1.807, 2.05) is 6.92 Å². The number of hydrogen-bond acceptors (Lipinski definition) is 6. The number of alkyl carbamates (subject to hydrolysis) is 1. The first-order valence-electron chi connectivity index (χ1n) is 11.7. The van der Waals surface area contributed by atoms with Crippen molar-refractivity contribution in [3.05, 3.63) is 42.5 Å². The Morgan fingerprint density at radius 2 is 1.94 bits per heavy atom. The van der Waals surface area contributed by atoms with Crippen LogP contribution in [0, 0.1) is 0 Å². The van der Waals surface area contributed by atoms with Crippen molar-refractivity contribution in [1.29, 1.82) is 0 Å². The summed E-state index contributed by atoms with van der Waals surface area (Å²) in [6, 6.07) is 3.72. The predicted molar refractivity (Wildman–Crippen MR) is 132 cm³/mol. The molecule has 10 heteroatoms. The smallest absolute Gasteiger partial charge is 0.408 e. The molecule has 1 rings (SSSR count). The molecule has 0 bridgehead atoms. The fourth-order valence-corrected chi connectivity index (χ4v) is 3.31. The number of carbonyl (C=O) groups is 4. The predicted octanol–water partition coefficient (Wildman–Crippen LogP) is 2.52. The van der Waals surface area contributed by atoms with Crippen LogP contribution >= 0.6 is 0 Å². The molecule has 10 nitrogen and oxygen atoms in total. The third-order valence-electron chi connectivity index (χ3n) is 4.85. The van der Waals surface area contributed by atoms with E-state index in [1.165, 1.54) is 23.1 Å². The summed E-state index contributed by atoms with van der Waals surface area (Å²) in [5.41, 5.74) is 4.84. The molecule has 0 radical (unpaired) electrons. The number of aromatic hydroxyl groups is 1. The van der Waals surface area contributed by atoms with Crippen molar-refractivity contribution in [1.82, 2.24) is 15.5 Å². The van der Waals surface area contributed by atoms with Gasteiger partial charge in [0.15, 0.2) is 0 Å². The third kappa shape index (κ3) is 10.5. The summed E-state index contributed by atoms with van der Waals surface area (Å²) in [7, 11) is 0. The van der Waals surface area contributed by atoms with E-state index in [0.29, 0.717) is 12.1 Å². The molecule has 0 saturated carbocycles. The van der Waals surface area contributed by atoms with E-state index in [0.717, 1.165) is 12.8 Å². The zero-order valence-corrected chi connectivity index (χ0v) is 21.0. The number of benzene rings is 1. The molecule has 0 spiro atoms. The number of nitrogens with one attached hydrogen (secondary N) is 2. The van der Waals surface area contributed by atoms with Crippen molar-refractivity contribution in [2.45, 2.75) is 71.1 Å². The van der Waals surface area contributed by atoms with Crippen LogP contribution in [0.4, 0.5) is 4.79 Å². The molecule has 0 aliphatic rings. The van der Waals surface area contributed by atoms with Crippen LogP contribution in [0.1, 0.15) is 65.0 Å². The summed E-state index contributed by atoms with van der Waals surface area (Å²) in [5, 5.41) is 15.3. The maximum absolute atomic E-state index is 13.7. The van der Waals surface area contributed by atoms with Gasteiger partial charge in [0.1, 0.15) is 23.4 Å². The lowest BCUT2D eigenvalue weighted by molar-refractivity contribution is -0.142. The highest BCUT2D eigenvalue weighted by molar-refractivity contribution is 5.92. The largest absolute Gasteiger partial charge is 0.508 e. The van der Waals surface area contributed by atoms with E-state index >= 15 is 0 Å². The number of amides is 4. The molecule has 4 amide bonds. The van der Waals surface area contributed by atoms with Crippen molar-refractivity contribution >= 4 is 23.8 Å². The Hall–Kier alpha value is -3.56. The Balaban J connectivity index is 3.39. The van der Waals surface area contributed by atoms with Crippen LogP contribution in [0.3, 0.4) is 0 Å². The number of primary amides is 1. The van der Waals surface area contributed by atoms with Gasteiger partial charge in [-0.2, -0.15) is 0 Å². The van der Waals surface area contributed by atoms with Crippen molar-refractivity contribution < 1.29 is 29.0 Å². The van der Waals surface area contributed by atoms with Crippen LogP contribution < -0.4 is 16.4 Å². The average Bonchev–Trinajstić information content (AvgIpc) is 2.74. The second kappa shape index (κ2) is 14.0. The quantitative estimate of drug-likeness (QED) is 0.246. The normalized spacial score (nSPS) is 12.7. The highest BCUT2D eigenvalue weighted by Crippen LogP contribution is 2.26. The Morgan fingerprint density at radius 1 is 1.26 bits per heavy atom. The standard InChI is InChI=1S/C25H38N4O6/c1-6-8-14-27-22(32)21(17-10-9-11-18(30)16-17)29(15-7-2)23(33)19(12-13-20(26)31)28-24(34)35-25(3,4)5/h7,9-11,16,19,21,30H,2,6,8,12-15H2,1,3-5H3,(H2,26,31)(H,27,32)(H,28,34). The fraction of sp³-hybridized carbons (Fsp3) is 0.520. The zero-order chi connectivity index (χ0) is 26.6. The van der Waals surface area contributed by atoms with Gasteiger partial charge in [-0.25, -0.2) is 4.79 Å². The summed E-state index contributed by atoms with van der Waals surface area (Å²) in [5.74, 6) is -1.80. The van der Waals surface area contributed by atoms with Gasteiger partial charge >= 0.3 is 6.09 Å². The Bertz CT molecular complexity index is 896. The number of phenols is 1. The minimum atomic E-state index is -1.19. The summed E-state index contributed by atoms with van der Waals surface area (Å²) in [6.07, 6.45) is 1.95. The zero-order valence-electron chi connectivity index (χ0n) is 21.0. The van der Waals surface area contributed by atoms with Crippen LogP contribution in [-0.4, -0.2) is 58.6 Å². The van der Waals surface area contributed by atoms with E-state index < -0.39 is 41.5 Å². The molecule has 35 heavy (non-hydrogen) atoms. The minimum Gasteiger partial charge on any atom is -0.508 e. The molecule has 5 N–H and O–H groups in total. The van der Waals surface area contributed by atoms with Crippen LogP contribution in [0.15, 0.2) is 36.9 Å². The second-order valence-corrected chi connectivity index (χ2v) is 9.13. The van der Waals surface area contributed by atoms with Gasteiger partial charge in [-0.05, 0) is 51.3 Å². The molecule has 0 heterocycles. The molecule has 194 valence electrons. The molecule has 1 aromatic rings. The minimum absolute atomic E-state index is 0.0383. The summed E-state index contributed by atoms with van der Waals surface area (Å²) < 4.78 is 5.27. The van der Waals surface area contributed by atoms with Gasteiger partial charge in [0.2, 0.25) is 17.7 Å². The number of rotatable bonds is 13. The molecule has 0 saturated heterocycles. The highest BCUT2D eigenvalue weighted by atomic mass is 16.6. The molecule has 0 fully saturated rings. The molecule has 2 atom stereocenters. The molecule has 2 unspecified atom stereocenters. The van der Waals surface area contributed by atoms with E-state index in [1.54, 1.807) is 32.9 Å². The van der Waals surface area contributed by atoms with E-state index in [4.69, 9.17) is 10.5 Å². The first-order valence-corrected chi connectivity index (χ1v) is 11.7. The van der Waals surface area contributed by atoms with Gasteiger partial charge in [0, 0.05) is 19.5 Å². The van der Waals surface area contributed by atoms with Gasteiger partial charge in [0.25, 0.3) is 0 Å². The van der Waals surface area contributed by atoms with E-state index in [-0.39, 0.29) is 25.1 Å². The van der Waals surface area contributed by atoms with Gasteiger partial charge in [-0.1, -0.05) is 31.6 Å². The molecule has 0 aliphatic heterocycles. The molecular formula is C25H38N4O6. The van der Waals surface area contributed by atoms with Crippen molar-refractivity contribution in [2.24, 2.45) is 5.73 Å². The summed E-state index contributed by atoms with van der Waals surface area (Å²) >= 11 is 0. The molecule has 1 aromatic carbocycles. The third-order valence-corrected chi connectivity index (χ3v) is 4.85. The summed E-state index contributed by atoms with van der Waals surface area (Å²) in [4.78, 5) is 52.0. The number of nitrogens with two attached hydrogens (primary N) is 1. The summed E-state index contributed by atoms with van der Waals surface area (Å²) in [6.45, 7) is 11.1. The van der Waals surface area contributed by atoms with Gasteiger partial charge in [-0.15, -0.1) is 6.58 Å². The number of hydrogen-bond donors (Lipinski definition) is 4. The Labute approximate surface area is 206 Å². The molecular weight excluding hydrogens is 452 g/mol. The number of unbranched alkanes of at least 4 members (excludes halogenated alkanes) is 1. The van der Waals surface area contributed by atoms with Crippen molar-refractivity contribution in [3.63, 3.8) is 0 Å². The lowest BCUT2D eigenvalue weighted by atomic mass is 10.0. The van der Waals surface area contributed by atoms with E-state index in [9.17, 15) is 24.3 Å². The lowest BCUT2D eigenvalue weighted by Crippen LogP contribution is -2.53. The van der Waals surface area contributed by atoms with Crippen molar-refractivity contribution in [3.8, 4) is 5.75 Å². The van der Waals surface area contributed by atoms with E-state index in [2.05, 4.69) is 17.2 Å².